The predicted octanol–water partition coefficient (Wildman–Crippen LogP) is 22.4. The molecule has 0 aliphatic heterocycles. The van der Waals surface area contributed by atoms with Gasteiger partial charge in [0, 0.05) is 0 Å². The summed E-state index contributed by atoms with van der Waals surface area (Å²) >= 11 is -4.27. The van der Waals surface area contributed by atoms with E-state index in [1.165, 1.54) is 270 Å². The Hall–Kier alpha value is -1.45. The van der Waals surface area contributed by atoms with E-state index in [-0.39, 0.29) is 37.2 Å². The van der Waals surface area contributed by atoms with Crippen LogP contribution in [-0.2, 0) is 22.4 Å². The zero-order valence-corrected chi connectivity index (χ0v) is 53.7. The molecular formula is C66H123O6Tl. The molecule has 0 atom stereocenters. The van der Waals surface area contributed by atoms with Crippen molar-refractivity contribution in [2.75, 3.05) is 0 Å². The molecule has 0 N–H and O–H groups in total. The van der Waals surface area contributed by atoms with Gasteiger partial charge in [0.25, 0.3) is 0 Å². The Bertz CT molecular complexity index is 1080. The van der Waals surface area contributed by atoms with Crippen molar-refractivity contribution in [2.45, 2.75) is 367 Å². The number of hydrogen-bond donors (Lipinski definition) is 0. The zero-order chi connectivity index (χ0) is 52.9. The summed E-state index contributed by atoms with van der Waals surface area (Å²) in [6, 6.07) is 0. The quantitative estimate of drug-likeness (QED) is 0.0343. The van der Waals surface area contributed by atoms with E-state index in [2.05, 4.69) is 57.2 Å². The van der Waals surface area contributed by atoms with Crippen LogP contribution >= 0.6 is 0 Å². The minimum atomic E-state index is -4.27. The second-order valence-electron chi connectivity index (χ2n) is 22.0. The summed E-state index contributed by atoms with van der Waals surface area (Å²) in [5.74, 6) is -1.14. The van der Waals surface area contributed by atoms with Crippen molar-refractivity contribution < 1.29 is 22.4 Å². The zero-order valence-electron chi connectivity index (χ0n) is 49.2. The predicted molar refractivity (Wildman–Crippen MR) is 318 cm³/mol. The number of carbonyl (C=O) groups excluding carboxylic acids is 3. The van der Waals surface area contributed by atoms with Crippen LogP contribution in [-0.4, -0.2) is 42.0 Å². The fourth-order valence-corrected chi connectivity index (χ4v) is 14.2. The third-order valence-corrected chi connectivity index (χ3v) is 19.9. The van der Waals surface area contributed by atoms with Crippen molar-refractivity contribution in [3.63, 3.8) is 0 Å². The first kappa shape index (κ1) is 71.6. The van der Waals surface area contributed by atoms with Crippen LogP contribution in [0.2, 0.25) is 0 Å². The fraction of sp³-hybridized carbons (Fsp3) is 0.864. The first-order chi connectivity index (χ1) is 36.0. The maximum atomic E-state index is 12.9. The van der Waals surface area contributed by atoms with Crippen LogP contribution in [0.4, 0.5) is 0 Å². The van der Waals surface area contributed by atoms with Crippen LogP contribution in [0.5, 0.6) is 0 Å². The van der Waals surface area contributed by atoms with Gasteiger partial charge in [0.15, 0.2) is 0 Å². The minimum absolute atomic E-state index is 0.282. The molecule has 0 aromatic rings. The molecule has 73 heavy (non-hydrogen) atoms. The van der Waals surface area contributed by atoms with Crippen molar-refractivity contribution in [2.24, 2.45) is 0 Å². The minimum Gasteiger partial charge on any atom is -0.0885 e. The van der Waals surface area contributed by atoms with E-state index >= 15 is 0 Å². The summed E-state index contributed by atoms with van der Waals surface area (Å²) in [6.45, 7) is 6.83. The molecule has 0 fully saturated rings. The smallest absolute Gasteiger partial charge is 0.0885 e. The third-order valence-electron chi connectivity index (χ3n) is 14.6. The summed E-state index contributed by atoms with van der Waals surface area (Å²) in [5, 5.41) is 0. The maximum absolute atomic E-state index is 12.9. The summed E-state index contributed by atoms with van der Waals surface area (Å²) < 4.78 is 17.1. The molecule has 0 unspecified atom stereocenters. The van der Waals surface area contributed by atoms with Crippen LogP contribution in [0.1, 0.15) is 367 Å². The van der Waals surface area contributed by atoms with Crippen LogP contribution < -0.4 is 0 Å². The molecule has 7 heteroatoms. The van der Waals surface area contributed by atoms with Gasteiger partial charge in [-0.1, -0.05) is 154 Å². The molecule has 0 saturated heterocycles. The van der Waals surface area contributed by atoms with E-state index in [1.54, 1.807) is 0 Å². The van der Waals surface area contributed by atoms with Crippen LogP contribution in [0.15, 0.2) is 36.5 Å². The third kappa shape index (κ3) is 61.3. The number of hydrogen-bond acceptors (Lipinski definition) is 6. The van der Waals surface area contributed by atoms with Gasteiger partial charge in [-0.05, 0) is 57.8 Å². The van der Waals surface area contributed by atoms with Crippen LogP contribution in [0.25, 0.3) is 0 Å². The van der Waals surface area contributed by atoms with Gasteiger partial charge in [-0.15, -0.1) is 0 Å². The Morgan fingerprint density at radius 2 is 0.384 bits per heavy atom. The molecule has 0 spiro atoms. The number of carbonyl (C=O) groups is 3. The Morgan fingerprint density at radius 1 is 0.233 bits per heavy atom. The molecule has 0 bridgehead atoms. The second kappa shape index (κ2) is 63.1. The van der Waals surface area contributed by atoms with Gasteiger partial charge in [-0.3, -0.25) is 0 Å². The van der Waals surface area contributed by atoms with E-state index in [0.717, 1.165) is 57.8 Å². The Labute approximate surface area is 465 Å². The van der Waals surface area contributed by atoms with Crippen LogP contribution in [0, 0.1) is 0 Å². The van der Waals surface area contributed by atoms with Crippen molar-refractivity contribution in [3.8, 4) is 0 Å². The molecule has 6 nitrogen and oxygen atoms in total. The monoisotopic (exact) mass is 1220 g/mol. The van der Waals surface area contributed by atoms with Crippen molar-refractivity contribution in [3.05, 3.63) is 36.5 Å². The van der Waals surface area contributed by atoms with Crippen molar-refractivity contribution >= 4 is 42.0 Å². The van der Waals surface area contributed by atoms with E-state index in [1.807, 2.05) is 0 Å². The van der Waals surface area contributed by atoms with Gasteiger partial charge >= 0.3 is 257 Å². The van der Waals surface area contributed by atoms with E-state index in [0.29, 0.717) is 0 Å². The summed E-state index contributed by atoms with van der Waals surface area (Å²) in [5.41, 5.74) is 0. The number of allylic oxidation sites excluding steroid dienone is 6. The fourth-order valence-electron chi connectivity index (χ4n) is 9.71. The van der Waals surface area contributed by atoms with Gasteiger partial charge in [-0.2, -0.15) is 0 Å². The average Bonchev–Trinajstić information content (AvgIpc) is 3.38. The molecule has 426 valence electrons. The molecule has 0 aromatic carbocycles. The average molecular weight is 1220 g/mol. The molecule has 0 aromatic heterocycles. The first-order valence-corrected chi connectivity index (χ1v) is 38.1. The molecule has 0 rings (SSSR count). The van der Waals surface area contributed by atoms with Crippen molar-refractivity contribution in [1.29, 1.82) is 0 Å². The molecule has 0 amide bonds. The van der Waals surface area contributed by atoms with Crippen molar-refractivity contribution in [1.82, 2.24) is 0 Å². The van der Waals surface area contributed by atoms with Gasteiger partial charge in [-0.25, -0.2) is 0 Å². The SMILES string of the molecule is CCCCCCCC/C=C\CCCCCCCCCCCC(=O)[O][Tl]([O]C(=O)CCCCCCCCCCC/C=C\CCCCCCCC)[O]C(=O)CCCCCCCCCCC/C=C\CCCCCCCC. The Balaban J connectivity index is 4.36. The molecule has 0 saturated carbocycles. The van der Waals surface area contributed by atoms with Crippen LogP contribution in [0.3, 0.4) is 0 Å². The molecule has 0 heterocycles. The van der Waals surface area contributed by atoms with Gasteiger partial charge < -0.3 is 0 Å². The standard InChI is InChI=1S/3C22H42O2.Tl/c3*1-2-3-4-5-6-7-8-9-10-11-12-13-14-15-16-17-18-19-20-21-22(23)24;/h3*9-10H,2-8,11-21H2,1H3,(H,23,24);/q;;;+3/p-3/b3*10-9-;. The van der Waals surface area contributed by atoms with Gasteiger partial charge in [0.2, 0.25) is 0 Å². The van der Waals surface area contributed by atoms with E-state index < -0.39 is 24.1 Å². The summed E-state index contributed by atoms with van der Waals surface area (Å²) in [7, 11) is 0. The summed E-state index contributed by atoms with van der Waals surface area (Å²) in [6.07, 6.45) is 78.7. The van der Waals surface area contributed by atoms with Gasteiger partial charge in [0.05, 0.1) is 0 Å². The number of unbranched alkanes of at least 4 members (excludes halogenated alkanes) is 45. The number of rotatable bonds is 60. The van der Waals surface area contributed by atoms with E-state index in [9.17, 15) is 14.4 Å². The normalized spacial score (nSPS) is 11.7. The second-order valence-corrected chi connectivity index (χ2v) is 27.0. The Morgan fingerprint density at radius 3 is 0.562 bits per heavy atom. The summed E-state index contributed by atoms with van der Waals surface area (Å²) in [4.78, 5) is 38.8. The van der Waals surface area contributed by atoms with Gasteiger partial charge in [0.1, 0.15) is 0 Å². The molecule has 0 aliphatic rings. The Kier molecular flexibility index (Phi) is 61.8. The molecule has 0 radical (unpaired) electrons. The topological polar surface area (TPSA) is 78.9 Å². The first-order valence-electron chi connectivity index (χ1n) is 32.6. The van der Waals surface area contributed by atoms with E-state index in [4.69, 9.17) is 8.06 Å². The molecule has 0 aliphatic carbocycles. The molecular weight excluding hydrogens is 1090 g/mol.